The first-order chi connectivity index (χ1) is 9.38. The van der Waals surface area contributed by atoms with Gasteiger partial charge in [0.15, 0.2) is 0 Å². The lowest BCUT2D eigenvalue weighted by atomic mass is 9.85. The second-order valence-corrected chi connectivity index (χ2v) is 6.23. The van der Waals surface area contributed by atoms with E-state index in [2.05, 4.69) is 45.9 Å². The van der Waals surface area contributed by atoms with Gasteiger partial charge in [-0.05, 0) is 41.2 Å². The van der Waals surface area contributed by atoms with Crippen molar-refractivity contribution in [1.29, 1.82) is 0 Å². The summed E-state index contributed by atoms with van der Waals surface area (Å²) in [7, 11) is 0. The van der Waals surface area contributed by atoms with Crippen molar-refractivity contribution < 1.29 is 4.74 Å². The van der Waals surface area contributed by atoms with Gasteiger partial charge in [-0.1, -0.05) is 51.1 Å². The van der Waals surface area contributed by atoms with Crippen LogP contribution in [-0.2, 0) is 12.0 Å². The van der Waals surface area contributed by atoms with E-state index in [0.717, 1.165) is 17.0 Å². The van der Waals surface area contributed by atoms with Crippen LogP contribution in [0.15, 0.2) is 42.5 Å². The minimum Gasteiger partial charge on any atom is -0.488 e. The summed E-state index contributed by atoms with van der Waals surface area (Å²) in [4.78, 5) is 0. The van der Waals surface area contributed by atoms with Crippen molar-refractivity contribution >= 4 is 5.69 Å². The maximum atomic E-state index is 6.08. The summed E-state index contributed by atoms with van der Waals surface area (Å²) >= 11 is 0. The molecule has 0 aliphatic heterocycles. The number of aryl methyl sites for hydroxylation is 1. The van der Waals surface area contributed by atoms with Gasteiger partial charge in [0.25, 0.3) is 0 Å². The van der Waals surface area contributed by atoms with Crippen LogP contribution in [0.25, 0.3) is 0 Å². The molecule has 0 heterocycles. The van der Waals surface area contributed by atoms with E-state index in [9.17, 15) is 0 Å². The molecule has 2 aromatic rings. The molecule has 0 bridgehead atoms. The van der Waals surface area contributed by atoms with Crippen molar-refractivity contribution in [3.8, 4) is 5.75 Å². The van der Waals surface area contributed by atoms with Gasteiger partial charge < -0.3 is 10.5 Å². The standard InChI is InChI=1S/C18H23NO/c1-13-6-5-7-16(18(2,3)4)17(13)20-12-14-8-10-15(19)11-9-14/h5-11H,12,19H2,1-4H3. The molecule has 0 aromatic heterocycles. The molecule has 2 heteroatoms. The van der Waals surface area contributed by atoms with Crippen molar-refractivity contribution in [3.05, 3.63) is 59.2 Å². The Morgan fingerprint density at radius 2 is 1.65 bits per heavy atom. The lowest BCUT2D eigenvalue weighted by Crippen LogP contribution is -2.14. The van der Waals surface area contributed by atoms with E-state index in [0.29, 0.717) is 6.61 Å². The molecular weight excluding hydrogens is 246 g/mol. The lowest BCUT2D eigenvalue weighted by Gasteiger charge is -2.24. The zero-order chi connectivity index (χ0) is 14.8. The summed E-state index contributed by atoms with van der Waals surface area (Å²) in [5.41, 5.74) is 10.1. The Balaban J connectivity index is 2.23. The Morgan fingerprint density at radius 1 is 1.00 bits per heavy atom. The first-order valence-corrected chi connectivity index (χ1v) is 6.95. The van der Waals surface area contributed by atoms with Crippen LogP contribution in [0.4, 0.5) is 5.69 Å². The molecule has 2 rings (SSSR count). The Bertz CT molecular complexity index is 579. The highest BCUT2D eigenvalue weighted by Gasteiger charge is 2.20. The average molecular weight is 269 g/mol. The number of rotatable bonds is 3. The fourth-order valence-electron chi connectivity index (χ4n) is 2.20. The van der Waals surface area contributed by atoms with Gasteiger partial charge in [0.2, 0.25) is 0 Å². The van der Waals surface area contributed by atoms with Crippen LogP contribution in [0.5, 0.6) is 5.75 Å². The van der Waals surface area contributed by atoms with Gasteiger partial charge >= 0.3 is 0 Å². The highest BCUT2D eigenvalue weighted by molar-refractivity contribution is 5.45. The van der Waals surface area contributed by atoms with Gasteiger partial charge in [-0.15, -0.1) is 0 Å². The Kier molecular flexibility index (Phi) is 4.03. The normalized spacial score (nSPS) is 11.4. The molecule has 0 aliphatic rings. The zero-order valence-corrected chi connectivity index (χ0v) is 12.7. The van der Waals surface area contributed by atoms with Crippen LogP contribution in [0.1, 0.15) is 37.5 Å². The molecule has 106 valence electrons. The molecular formula is C18H23NO. The third kappa shape index (κ3) is 3.32. The fraction of sp³-hybridized carbons (Fsp3) is 0.333. The Labute approximate surface area is 121 Å². The predicted molar refractivity (Wildman–Crippen MR) is 85.1 cm³/mol. The van der Waals surface area contributed by atoms with Gasteiger partial charge in [0.1, 0.15) is 12.4 Å². The summed E-state index contributed by atoms with van der Waals surface area (Å²) in [6.07, 6.45) is 0. The van der Waals surface area contributed by atoms with E-state index in [1.54, 1.807) is 0 Å². The number of anilines is 1. The number of nitrogens with two attached hydrogens (primary N) is 1. The van der Waals surface area contributed by atoms with E-state index in [4.69, 9.17) is 10.5 Å². The highest BCUT2D eigenvalue weighted by Crippen LogP contribution is 2.34. The molecule has 0 amide bonds. The minimum absolute atomic E-state index is 0.0719. The quantitative estimate of drug-likeness (QED) is 0.835. The molecule has 20 heavy (non-hydrogen) atoms. The van der Waals surface area contributed by atoms with E-state index in [1.807, 2.05) is 24.3 Å². The third-order valence-electron chi connectivity index (χ3n) is 3.38. The first-order valence-electron chi connectivity index (χ1n) is 6.95. The minimum atomic E-state index is 0.0719. The Morgan fingerprint density at radius 3 is 2.25 bits per heavy atom. The molecule has 2 N–H and O–H groups in total. The number of nitrogen functional groups attached to an aromatic ring is 1. The van der Waals surface area contributed by atoms with E-state index in [1.165, 1.54) is 11.1 Å². The van der Waals surface area contributed by atoms with Gasteiger partial charge in [-0.3, -0.25) is 0 Å². The molecule has 2 aromatic carbocycles. The summed E-state index contributed by atoms with van der Waals surface area (Å²) in [5.74, 6) is 0.997. The van der Waals surface area contributed by atoms with E-state index >= 15 is 0 Å². The van der Waals surface area contributed by atoms with Crippen molar-refractivity contribution in [2.45, 2.75) is 39.7 Å². The van der Waals surface area contributed by atoms with E-state index in [-0.39, 0.29) is 5.41 Å². The number of hydrogen-bond acceptors (Lipinski definition) is 2. The number of benzene rings is 2. The highest BCUT2D eigenvalue weighted by atomic mass is 16.5. The van der Waals surface area contributed by atoms with Gasteiger partial charge in [0, 0.05) is 5.69 Å². The van der Waals surface area contributed by atoms with Crippen LogP contribution in [-0.4, -0.2) is 0 Å². The van der Waals surface area contributed by atoms with Gasteiger partial charge in [-0.2, -0.15) is 0 Å². The van der Waals surface area contributed by atoms with Crippen LogP contribution in [0.2, 0.25) is 0 Å². The average Bonchev–Trinajstić information content (AvgIpc) is 2.38. The van der Waals surface area contributed by atoms with Crippen molar-refractivity contribution in [1.82, 2.24) is 0 Å². The van der Waals surface area contributed by atoms with Crippen LogP contribution >= 0.6 is 0 Å². The third-order valence-corrected chi connectivity index (χ3v) is 3.38. The van der Waals surface area contributed by atoms with E-state index < -0.39 is 0 Å². The molecule has 0 spiro atoms. The maximum Gasteiger partial charge on any atom is 0.126 e. The lowest BCUT2D eigenvalue weighted by molar-refractivity contribution is 0.295. The molecule has 0 atom stereocenters. The summed E-state index contributed by atoms with van der Waals surface area (Å²) in [6.45, 7) is 9.27. The molecule has 0 fully saturated rings. The maximum absolute atomic E-state index is 6.08. The van der Waals surface area contributed by atoms with Crippen molar-refractivity contribution in [3.63, 3.8) is 0 Å². The second-order valence-electron chi connectivity index (χ2n) is 6.23. The molecule has 0 unspecified atom stereocenters. The van der Waals surface area contributed by atoms with Crippen LogP contribution in [0.3, 0.4) is 0 Å². The summed E-state index contributed by atoms with van der Waals surface area (Å²) in [5, 5.41) is 0. The molecule has 2 nitrogen and oxygen atoms in total. The number of para-hydroxylation sites is 1. The second kappa shape index (κ2) is 5.58. The van der Waals surface area contributed by atoms with Crippen molar-refractivity contribution in [2.24, 2.45) is 0 Å². The topological polar surface area (TPSA) is 35.2 Å². The monoisotopic (exact) mass is 269 g/mol. The first kappa shape index (κ1) is 14.4. The Hall–Kier alpha value is -1.96. The van der Waals surface area contributed by atoms with Crippen LogP contribution < -0.4 is 10.5 Å². The number of ether oxygens (including phenoxy) is 1. The SMILES string of the molecule is Cc1cccc(C(C)(C)C)c1OCc1ccc(N)cc1. The van der Waals surface area contributed by atoms with Crippen molar-refractivity contribution in [2.75, 3.05) is 5.73 Å². The molecule has 0 saturated carbocycles. The number of hydrogen-bond donors (Lipinski definition) is 1. The van der Waals surface area contributed by atoms with Crippen LogP contribution in [0, 0.1) is 6.92 Å². The van der Waals surface area contributed by atoms with Gasteiger partial charge in [-0.25, -0.2) is 0 Å². The largest absolute Gasteiger partial charge is 0.488 e. The molecule has 0 saturated heterocycles. The smallest absolute Gasteiger partial charge is 0.126 e. The summed E-state index contributed by atoms with van der Waals surface area (Å²) < 4.78 is 6.08. The molecule has 0 radical (unpaired) electrons. The fourth-order valence-corrected chi connectivity index (χ4v) is 2.20. The zero-order valence-electron chi connectivity index (χ0n) is 12.7. The molecule has 0 aliphatic carbocycles. The summed E-state index contributed by atoms with van der Waals surface area (Å²) in [6, 6.07) is 14.1. The van der Waals surface area contributed by atoms with Gasteiger partial charge in [0.05, 0.1) is 0 Å². The predicted octanol–water partition coefficient (Wildman–Crippen LogP) is 4.45.